The van der Waals surface area contributed by atoms with Gasteiger partial charge < -0.3 is 10.2 Å². The Morgan fingerprint density at radius 1 is 1.38 bits per heavy atom. The third-order valence-electron chi connectivity index (χ3n) is 4.26. The van der Waals surface area contributed by atoms with Gasteiger partial charge in [0.25, 0.3) is 5.91 Å². The molecular weight excluding hydrogens is 331 g/mol. The molecule has 0 aliphatic heterocycles. The Labute approximate surface area is 147 Å². The molecule has 2 aromatic rings. The monoisotopic (exact) mass is 352 g/mol. The van der Waals surface area contributed by atoms with Crippen LogP contribution >= 0.6 is 12.4 Å². The summed E-state index contributed by atoms with van der Waals surface area (Å²) in [7, 11) is 3.62. The molecule has 24 heavy (non-hydrogen) atoms. The average molecular weight is 353 g/mol. The average Bonchev–Trinajstić information content (AvgIpc) is 3.15. The van der Waals surface area contributed by atoms with Crippen LogP contribution in [0.3, 0.4) is 0 Å². The molecule has 0 bridgehead atoms. The largest absolute Gasteiger partial charge is 0.339 e. The zero-order valence-corrected chi connectivity index (χ0v) is 14.7. The van der Waals surface area contributed by atoms with Gasteiger partial charge in [0.15, 0.2) is 5.69 Å². The highest BCUT2D eigenvalue weighted by Crippen LogP contribution is 2.29. The highest BCUT2D eigenvalue weighted by molar-refractivity contribution is 5.94. The van der Waals surface area contributed by atoms with Crippen LogP contribution in [-0.2, 0) is 12.8 Å². The molecule has 5 nitrogen and oxygen atoms in total. The summed E-state index contributed by atoms with van der Waals surface area (Å²) >= 11 is 0. The van der Waals surface area contributed by atoms with Gasteiger partial charge in [-0.15, -0.1) is 12.4 Å². The van der Waals surface area contributed by atoms with E-state index in [1.54, 1.807) is 34.8 Å². The number of hydrogen-bond acceptors (Lipinski definition) is 3. The molecule has 1 amide bonds. The number of aromatic nitrogens is 2. The second-order valence-electron chi connectivity index (χ2n) is 5.82. The van der Waals surface area contributed by atoms with Crippen LogP contribution in [0.4, 0.5) is 4.39 Å². The Bertz CT molecular complexity index is 731. The summed E-state index contributed by atoms with van der Waals surface area (Å²) in [6, 6.07) is 6.54. The Hall–Kier alpha value is -1.92. The molecule has 0 unspecified atom stereocenters. The standard InChI is InChI=1S/C17H21FN4O.ClH/c1-19-10-11-21(2)17(23)16-12-6-5-9-14(12)22(20-16)15-8-4-3-7-13(15)18;/h3-4,7-8,19H,5-6,9-11H2,1-2H3;1H. The lowest BCUT2D eigenvalue weighted by Gasteiger charge is -2.16. The van der Waals surface area contributed by atoms with Gasteiger partial charge in [0.05, 0.1) is 0 Å². The molecule has 1 aliphatic carbocycles. The van der Waals surface area contributed by atoms with E-state index in [0.717, 1.165) is 37.1 Å². The van der Waals surface area contributed by atoms with Gasteiger partial charge in [-0.1, -0.05) is 12.1 Å². The number of likely N-dealkylation sites (N-methyl/N-ethyl adjacent to an activating group) is 2. The Morgan fingerprint density at radius 3 is 2.83 bits per heavy atom. The fourth-order valence-electron chi connectivity index (χ4n) is 2.99. The van der Waals surface area contributed by atoms with Gasteiger partial charge in [0.1, 0.15) is 11.5 Å². The van der Waals surface area contributed by atoms with E-state index in [0.29, 0.717) is 17.9 Å². The van der Waals surface area contributed by atoms with Crippen molar-refractivity contribution in [2.45, 2.75) is 19.3 Å². The molecule has 0 spiro atoms. The summed E-state index contributed by atoms with van der Waals surface area (Å²) in [5.74, 6) is -0.430. The first-order valence-corrected chi connectivity index (χ1v) is 7.89. The number of amides is 1. The van der Waals surface area contributed by atoms with E-state index in [4.69, 9.17) is 0 Å². The number of para-hydroxylation sites is 1. The van der Waals surface area contributed by atoms with Crippen molar-refractivity contribution >= 4 is 18.3 Å². The first-order valence-electron chi connectivity index (χ1n) is 7.89. The number of rotatable bonds is 5. The molecular formula is C17H22ClFN4O. The van der Waals surface area contributed by atoms with Crippen LogP contribution in [0.1, 0.15) is 28.2 Å². The van der Waals surface area contributed by atoms with Crippen molar-refractivity contribution < 1.29 is 9.18 Å². The molecule has 1 aromatic heterocycles. The highest BCUT2D eigenvalue weighted by Gasteiger charge is 2.29. The molecule has 1 heterocycles. The topological polar surface area (TPSA) is 50.2 Å². The van der Waals surface area contributed by atoms with E-state index >= 15 is 0 Å². The summed E-state index contributed by atoms with van der Waals surface area (Å²) in [5.41, 5.74) is 2.79. The first kappa shape index (κ1) is 18.4. The highest BCUT2D eigenvalue weighted by atomic mass is 35.5. The van der Waals surface area contributed by atoms with Crippen LogP contribution in [0.25, 0.3) is 5.69 Å². The summed E-state index contributed by atoms with van der Waals surface area (Å²) in [5, 5.41) is 7.48. The minimum Gasteiger partial charge on any atom is -0.339 e. The van der Waals surface area contributed by atoms with Gasteiger partial charge in [-0.2, -0.15) is 5.10 Å². The minimum absolute atomic E-state index is 0. The second-order valence-corrected chi connectivity index (χ2v) is 5.82. The lowest BCUT2D eigenvalue weighted by Crippen LogP contribution is -2.33. The number of fused-ring (bicyclic) bond motifs is 1. The molecule has 0 saturated heterocycles. The van der Waals surface area contributed by atoms with E-state index in [-0.39, 0.29) is 24.1 Å². The smallest absolute Gasteiger partial charge is 0.274 e. The van der Waals surface area contributed by atoms with Gasteiger partial charge in [-0.25, -0.2) is 9.07 Å². The van der Waals surface area contributed by atoms with Crippen LogP contribution in [-0.4, -0.2) is 47.8 Å². The van der Waals surface area contributed by atoms with Gasteiger partial charge in [0, 0.05) is 31.4 Å². The van der Waals surface area contributed by atoms with E-state index in [9.17, 15) is 9.18 Å². The fourth-order valence-corrected chi connectivity index (χ4v) is 2.99. The maximum Gasteiger partial charge on any atom is 0.274 e. The third kappa shape index (κ3) is 3.30. The third-order valence-corrected chi connectivity index (χ3v) is 4.26. The van der Waals surface area contributed by atoms with Crippen molar-refractivity contribution in [1.29, 1.82) is 0 Å². The number of carbonyl (C=O) groups is 1. The number of carbonyl (C=O) groups excluding carboxylic acids is 1. The van der Waals surface area contributed by atoms with Crippen molar-refractivity contribution in [2.24, 2.45) is 0 Å². The number of benzene rings is 1. The molecule has 0 radical (unpaired) electrons. The molecule has 0 fully saturated rings. The molecule has 130 valence electrons. The van der Waals surface area contributed by atoms with Gasteiger partial charge in [-0.05, 0) is 38.4 Å². The molecule has 0 atom stereocenters. The van der Waals surface area contributed by atoms with Gasteiger partial charge in [-0.3, -0.25) is 4.79 Å². The lowest BCUT2D eigenvalue weighted by molar-refractivity contribution is 0.0789. The number of nitrogens with one attached hydrogen (secondary N) is 1. The molecule has 1 aromatic carbocycles. The summed E-state index contributed by atoms with van der Waals surface area (Å²) in [4.78, 5) is 14.3. The Kier molecular flexibility index (Phi) is 5.96. The SMILES string of the molecule is CNCCN(C)C(=O)c1nn(-c2ccccc2F)c2c1CCC2.Cl. The maximum atomic E-state index is 14.1. The zero-order valence-electron chi connectivity index (χ0n) is 13.9. The van der Waals surface area contributed by atoms with E-state index < -0.39 is 0 Å². The van der Waals surface area contributed by atoms with Crippen molar-refractivity contribution in [2.75, 3.05) is 27.2 Å². The van der Waals surface area contributed by atoms with Crippen LogP contribution < -0.4 is 5.32 Å². The first-order chi connectivity index (χ1) is 11.1. The minimum atomic E-state index is -0.327. The Morgan fingerprint density at radius 2 is 2.12 bits per heavy atom. The van der Waals surface area contributed by atoms with Crippen LogP contribution in [0.2, 0.25) is 0 Å². The van der Waals surface area contributed by atoms with Crippen LogP contribution in [0.5, 0.6) is 0 Å². The lowest BCUT2D eigenvalue weighted by atomic mass is 10.2. The van der Waals surface area contributed by atoms with Crippen molar-refractivity contribution in [3.05, 3.63) is 47.0 Å². The predicted octanol–water partition coefficient (Wildman–Crippen LogP) is 2.21. The summed E-state index contributed by atoms with van der Waals surface area (Å²) < 4.78 is 15.7. The maximum absolute atomic E-state index is 14.1. The van der Waals surface area contributed by atoms with E-state index in [2.05, 4.69) is 10.4 Å². The predicted molar refractivity (Wildman–Crippen MR) is 93.7 cm³/mol. The number of hydrogen-bond donors (Lipinski definition) is 1. The molecule has 0 saturated carbocycles. The fraction of sp³-hybridized carbons (Fsp3) is 0.412. The number of halogens is 2. The molecule has 7 heteroatoms. The second kappa shape index (κ2) is 7.77. The van der Waals surface area contributed by atoms with Crippen molar-refractivity contribution in [3.63, 3.8) is 0 Å². The van der Waals surface area contributed by atoms with Crippen molar-refractivity contribution in [1.82, 2.24) is 20.0 Å². The summed E-state index contributed by atoms with van der Waals surface area (Å²) in [6.45, 7) is 1.33. The van der Waals surface area contributed by atoms with E-state index in [1.165, 1.54) is 6.07 Å². The van der Waals surface area contributed by atoms with Gasteiger partial charge >= 0.3 is 0 Å². The normalized spacial score (nSPS) is 12.6. The van der Waals surface area contributed by atoms with E-state index in [1.807, 2.05) is 7.05 Å². The van der Waals surface area contributed by atoms with Gasteiger partial charge in [0.2, 0.25) is 0 Å². The molecule has 1 N–H and O–H groups in total. The molecule has 1 aliphatic rings. The summed E-state index contributed by atoms with van der Waals surface area (Å²) in [6.07, 6.45) is 2.62. The van der Waals surface area contributed by atoms with Crippen LogP contribution in [0, 0.1) is 5.82 Å². The Balaban J connectivity index is 0.00000208. The van der Waals surface area contributed by atoms with Crippen LogP contribution in [0.15, 0.2) is 24.3 Å². The number of nitrogens with zero attached hydrogens (tertiary/aromatic N) is 3. The zero-order chi connectivity index (χ0) is 16.4. The molecule has 3 rings (SSSR count). The quantitative estimate of drug-likeness (QED) is 0.897. The van der Waals surface area contributed by atoms with Crippen molar-refractivity contribution in [3.8, 4) is 5.69 Å².